The van der Waals surface area contributed by atoms with Crippen molar-refractivity contribution in [1.82, 2.24) is 14.7 Å². The number of aromatic nitrogens is 3. The van der Waals surface area contributed by atoms with Gasteiger partial charge in [-0.25, -0.2) is 4.98 Å². The van der Waals surface area contributed by atoms with Crippen molar-refractivity contribution in [2.45, 2.75) is 19.8 Å². The van der Waals surface area contributed by atoms with Gasteiger partial charge in [-0.05, 0) is 0 Å². The van der Waals surface area contributed by atoms with Gasteiger partial charge in [0.05, 0.1) is 6.54 Å². The van der Waals surface area contributed by atoms with Crippen LogP contribution in [0.1, 0.15) is 17.3 Å². The fourth-order valence-electron chi connectivity index (χ4n) is 1.45. The van der Waals surface area contributed by atoms with Crippen molar-refractivity contribution < 1.29 is 14.4 Å². The maximum Gasteiger partial charge on any atom is 0.162 e. The highest BCUT2D eigenvalue weighted by Crippen LogP contribution is 2.08. The van der Waals surface area contributed by atoms with Gasteiger partial charge in [0, 0.05) is 25.6 Å². The van der Waals surface area contributed by atoms with E-state index in [1.54, 1.807) is 19.5 Å². The van der Waals surface area contributed by atoms with E-state index in [-0.39, 0.29) is 6.61 Å². The van der Waals surface area contributed by atoms with Crippen molar-refractivity contribution in [1.29, 1.82) is 0 Å². The molecule has 0 atom stereocenters. The predicted octanol–water partition coefficient (Wildman–Crippen LogP) is 0.558. The number of imidazole rings is 1. The highest BCUT2D eigenvalue weighted by molar-refractivity contribution is 5.06. The van der Waals surface area contributed by atoms with Gasteiger partial charge in [0.2, 0.25) is 0 Å². The van der Waals surface area contributed by atoms with Crippen molar-refractivity contribution in [2.75, 3.05) is 7.11 Å². The zero-order valence-corrected chi connectivity index (χ0v) is 8.96. The molecule has 2 aromatic heterocycles. The fraction of sp³-hybridized carbons (Fsp3) is 0.400. The Balaban J connectivity index is 2.08. The van der Waals surface area contributed by atoms with Crippen LogP contribution in [-0.2, 0) is 24.5 Å². The third-order valence-corrected chi connectivity index (χ3v) is 2.17. The van der Waals surface area contributed by atoms with Crippen molar-refractivity contribution in [3.8, 4) is 0 Å². The van der Waals surface area contributed by atoms with Crippen LogP contribution in [-0.4, -0.2) is 26.9 Å². The average Bonchev–Trinajstić information content (AvgIpc) is 2.89. The second-order valence-corrected chi connectivity index (χ2v) is 3.35. The smallest absolute Gasteiger partial charge is 0.162 e. The lowest BCUT2D eigenvalue weighted by Gasteiger charge is -2.01. The summed E-state index contributed by atoms with van der Waals surface area (Å²) in [6.07, 6.45) is 3.43. The molecule has 0 spiro atoms. The molecule has 0 aliphatic rings. The monoisotopic (exact) mass is 223 g/mol. The topological polar surface area (TPSA) is 73.3 Å². The molecule has 0 radical (unpaired) electrons. The van der Waals surface area contributed by atoms with Gasteiger partial charge in [-0.15, -0.1) is 0 Å². The molecule has 0 aromatic carbocycles. The summed E-state index contributed by atoms with van der Waals surface area (Å²) in [6.45, 7) is 0.850. The molecule has 6 nitrogen and oxygen atoms in total. The van der Waals surface area contributed by atoms with Crippen LogP contribution >= 0.6 is 0 Å². The van der Waals surface area contributed by atoms with E-state index in [1.165, 1.54) is 0 Å². The van der Waals surface area contributed by atoms with Crippen LogP contribution < -0.4 is 0 Å². The number of nitrogens with zero attached hydrogens (tertiary/aromatic N) is 3. The van der Waals surface area contributed by atoms with Crippen molar-refractivity contribution >= 4 is 0 Å². The van der Waals surface area contributed by atoms with Gasteiger partial charge in [-0.2, -0.15) is 0 Å². The first-order valence-corrected chi connectivity index (χ1v) is 4.87. The first-order valence-electron chi connectivity index (χ1n) is 4.87. The number of rotatable bonds is 5. The van der Waals surface area contributed by atoms with Crippen molar-refractivity contribution in [2.24, 2.45) is 0 Å². The van der Waals surface area contributed by atoms with Gasteiger partial charge in [0.1, 0.15) is 24.7 Å². The van der Waals surface area contributed by atoms with Crippen LogP contribution in [0.4, 0.5) is 0 Å². The molecule has 1 N–H and O–H groups in total. The van der Waals surface area contributed by atoms with E-state index in [0.717, 1.165) is 5.69 Å². The van der Waals surface area contributed by atoms with E-state index in [1.807, 2.05) is 10.6 Å². The van der Waals surface area contributed by atoms with Gasteiger partial charge in [0.15, 0.2) is 5.76 Å². The standard InChI is InChI=1S/C10H13N3O3/c1-15-7-9-4-8(12-16-9)5-13-3-2-11-10(13)6-14/h2-4,14H,5-7H2,1H3. The van der Waals surface area contributed by atoms with Crippen molar-refractivity contribution in [3.05, 3.63) is 35.7 Å². The molecule has 0 bridgehead atoms. The van der Waals surface area contributed by atoms with Crippen LogP contribution in [0.5, 0.6) is 0 Å². The number of aliphatic hydroxyl groups excluding tert-OH is 1. The fourth-order valence-corrected chi connectivity index (χ4v) is 1.45. The summed E-state index contributed by atoms with van der Waals surface area (Å²) in [5.74, 6) is 1.29. The quantitative estimate of drug-likeness (QED) is 0.801. The average molecular weight is 223 g/mol. The molecule has 0 aliphatic carbocycles. The Kier molecular flexibility index (Phi) is 3.33. The maximum atomic E-state index is 9.03. The SMILES string of the molecule is COCc1cc(Cn2ccnc2CO)no1. The molecule has 86 valence electrons. The highest BCUT2D eigenvalue weighted by atomic mass is 16.5. The molecule has 2 aromatic rings. The van der Waals surface area contributed by atoms with Crippen molar-refractivity contribution in [3.63, 3.8) is 0 Å². The zero-order chi connectivity index (χ0) is 11.4. The lowest BCUT2D eigenvalue weighted by Crippen LogP contribution is -2.04. The second kappa shape index (κ2) is 4.91. The second-order valence-electron chi connectivity index (χ2n) is 3.35. The number of ether oxygens (including phenoxy) is 1. The summed E-state index contributed by atoms with van der Waals surface area (Å²) < 4.78 is 11.8. The third kappa shape index (κ3) is 2.29. The van der Waals surface area contributed by atoms with E-state index in [2.05, 4.69) is 10.1 Å². The molecule has 2 heterocycles. The molecular weight excluding hydrogens is 210 g/mol. The zero-order valence-electron chi connectivity index (χ0n) is 8.96. The number of hydrogen-bond acceptors (Lipinski definition) is 5. The minimum atomic E-state index is -0.0875. The lowest BCUT2D eigenvalue weighted by molar-refractivity contribution is 0.155. The van der Waals surface area contributed by atoms with Gasteiger partial charge >= 0.3 is 0 Å². The predicted molar refractivity (Wildman–Crippen MR) is 54.5 cm³/mol. The van der Waals surface area contributed by atoms with E-state index < -0.39 is 0 Å². The van der Waals surface area contributed by atoms with E-state index in [0.29, 0.717) is 24.7 Å². The summed E-state index contributed by atoms with van der Waals surface area (Å²) in [7, 11) is 1.60. The molecule has 6 heteroatoms. The van der Waals surface area contributed by atoms with Crippen LogP contribution in [0, 0.1) is 0 Å². The number of aliphatic hydroxyl groups is 1. The van der Waals surface area contributed by atoms with Crippen LogP contribution in [0.25, 0.3) is 0 Å². The van der Waals surface area contributed by atoms with Crippen LogP contribution in [0.15, 0.2) is 23.0 Å². The minimum Gasteiger partial charge on any atom is -0.388 e. The number of methoxy groups -OCH3 is 1. The van der Waals surface area contributed by atoms with Gasteiger partial charge in [0.25, 0.3) is 0 Å². The van der Waals surface area contributed by atoms with Gasteiger partial charge in [-0.1, -0.05) is 5.16 Å². The summed E-state index contributed by atoms with van der Waals surface area (Å²) in [5.41, 5.74) is 0.778. The molecule has 0 saturated carbocycles. The first kappa shape index (κ1) is 10.8. The minimum absolute atomic E-state index is 0.0875. The molecule has 0 amide bonds. The summed E-state index contributed by atoms with van der Waals surface area (Å²) >= 11 is 0. The molecule has 2 rings (SSSR count). The Bertz CT molecular complexity index is 450. The maximum absolute atomic E-state index is 9.03. The van der Waals surface area contributed by atoms with Gasteiger partial charge < -0.3 is 18.9 Å². The Labute approximate surface area is 92.5 Å². The molecular formula is C10H13N3O3. The third-order valence-electron chi connectivity index (χ3n) is 2.17. The van der Waals surface area contributed by atoms with E-state index >= 15 is 0 Å². The van der Waals surface area contributed by atoms with E-state index in [9.17, 15) is 0 Å². The molecule has 16 heavy (non-hydrogen) atoms. The Morgan fingerprint density at radius 1 is 1.56 bits per heavy atom. The first-order chi connectivity index (χ1) is 7.83. The summed E-state index contributed by atoms with van der Waals surface area (Å²) in [6, 6.07) is 1.82. The molecule has 0 fully saturated rings. The van der Waals surface area contributed by atoms with Crippen LogP contribution in [0.3, 0.4) is 0 Å². The Morgan fingerprint density at radius 3 is 3.19 bits per heavy atom. The molecule has 0 unspecified atom stereocenters. The molecule has 0 aliphatic heterocycles. The number of hydrogen-bond donors (Lipinski definition) is 1. The molecule has 0 saturated heterocycles. The lowest BCUT2D eigenvalue weighted by atomic mass is 10.3. The van der Waals surface area contributed by atoms with E-state index in [4.69, 9.17) is 14.4 Å². The normalized spacial score (nSPS) is 10.9. The van der Waals surface area contributed by atoms with Gasteiger partial charge in [-0.3, -0.25) is 0 Å². The Morgan fingerprint density at radius 2 is 2.44 bits per heavy atom. The largest absolute Gasteiger partial charge is 0.388 e. The summed E-state index contributed by atoms with van der Waals surface area (Å²) in [4.78, 5) is 4.00. The Hall–Kier alpha value is -1.66. The van der Waals surface area contributed by atoms with Crippen LogP contribution in [0.2, 0.25) is 0 Å². The summed E-state index contributed by atoms with van der Waals surface area (Å²) in [5, 5.41) is 12.9. The highest BCUT2D eigenvalue weighted by Gasteiger charge is 2.07.